The predicted molar refractivity (Wildman–Crippen MR) is 296 cm³/mol. The van der Waals surface area contributed by atoms with Gasteiger partial charge in [0.15, 0.2) is 35.9 Å². The number of carboxylic acid groups (broad SMARTS) is 1. The number of carbonyl (C=O) groups excluding carboxylic acids is 5. The Morgan fingerprint density at radius 3 is 2.35 bits per heavy atom. The highest BCUT2D eigenvalue weighted by molar-refractivity contribution is 7.10. The topological polar surface area (TPSA) is 370 Å². The molecule has 5 fully saturated rings. The Labute approximate surface area is 489 Å². The first-order valence-corrected chi connectivity index (χ1v) is 28.6. The molecule has 0 unspecified atom stereocenters. The van der Waals surface area contributed by atoms with E-state index in [2.05, 4.69) is 48.3 Å². The molecule has 11 rings (SSSR count). The number of nitrogens with one attached hydrogen (secondary N) is 3. The number of aromatic nitrogens is 5. The monoisotopic (exact) mass is 1190 g/mol. The number of anilines is 2. The summed E-state index contributed by atoms with van der Waals surface area (Å²) in [5.74, 6) is -2.98. The van der Waals surface area contributed by atoms with Crippen molar-refractivity contribution < 1.29 is 83.1 Å². The molecule has 25 nitrogen and oxygen atoms in total. The lowest BCUT2D eigenvalue weighted by Gasteiger charge is -2.59. The summed E-state index contributed by atoms with van der Waals surface area (Å²) < 4.78 is 30.0. The maximum Gasteiger partial charge on any atom is 0.413 e. The Balaban J connectivity index is 0.695. The molecule has 4 heterocycles. The second kappa shape index (κ2) is 23.9. The molecule has 6 aliphatic rings. The highest BCUT2D eigenvalue weighted by atomic mass is 32.1. The van der Waals surface area contributed by atoms with E-state index in [4.69, 9.17) is 23.7 Å². The number of aliphatic carboxylic acids is 1. The van der Waals surface area contributed by atoms with Crippen molar-refractivity contribution in [2.45, 2.75) is 120 Å². The molecule has 2 aliphatic heterocycles. The first kappa shape index (κ1) is 59.0. The third kappa shape index (κ3) is 11.5. The van der Waals surface area contributed by atoms with Gasteiger partial charge < -0.3 is 65.0 Å². The maximum atomic E-state index is 14.0. The van der Waals surface area contributed by atoms with Crippen LogP contribution in [0.15, 0.2) is 102 Å². The molecule has 446 valence electrons. The number of benzene rings is 3. The molecule has 2 saturated heterocycles. The second-order valence-corrected chi connectivity index (χ2v) is 23.6. The minimum Gasteiger partial charge on any atom is -0.479 e. The van der Waals surface area contributed by atoms with Gasteiger partial charge in [-0.3, -0.25) is 24.5 Å². The fourth-order valence-corrected chi connectivity index (χ4v) is 14.3. The van der Waals surface area contributed by atoms with E-state index in [-0.39, 0.29) is 79.1 Å². The van der Waals surface area contributed by atoms with Gasteiger partial charge in [-0.2, -0.15) is 0 Å². The number of allylic oxidation sites excluding steroid dienone is 4. The number of hydrogen-bond donors (Lipinski definition) is 9. The summed E-state index contributed by atoms with van der Waals surface area (Å²) in [5, 5.41) is 88.8. The van der Waals surface area contributed by atoms with Gasteiger partial charge in [-0.05, 0) is 78.5 Å². The van der Waals surface area contributed by atoms with Crippen LogP contribution in [-0.4, -0.2) is 153 Å². The number of aliphatic hydroxyl groups excluding tert-OH is 5. The summed E-state index contributed by atoms with van der Waals surface area (Å²) in [5.41, 5.74) is 1.32. The SMILES string of the molecule is C[C@]12C=CC(=O)C=C1CC[C@@H]1[C@@H]2[C@@H](O)C[C@@]2(C)[C@H]1C[C@H]1O[C@H](c3ccc(Cc4nc(NC(=O)OCc5ccc(O[C@@H]6O[C@H](C(=O)O)[C@@H](O)[C@H](O)[C@H]6O)c(NC(=O)CCNC(=O)Cc6ccc(-c7nncnn7)cc6)c5)cs4)cc3)O[C@]12C(=O)CO. The second-order valence-electron chi connectivity index (χ2n) is 22.7. The van der Waals surface area contributed by atoms with Crippen LogP contribution in [0.4, 0.5) is 16.3 Å². The highest BCUT2D eigenvalue weighted by Gasteiger charge is 2.76. The Morgan fingerprint density at radius 1 is 0.871 bits per heavy atom. The summed E-state index contributed by atoms with van der Waals surface area (Å²) >= 11 is 1.29. The first-order valence-electron chi connectivity index (χ1n) is 27.7. The van der Waals surface area contributed by atoms with Gasteiger partial charge in [-0.15, -0.1) is 31.7 Å². The smallest absolute Gasteiger partial charge is 0.413 e. The normalized spacial score (nSPS) is 30.8. The number of amides is 3. The lowest BCUT2D eigenvalue weighted by Crippen LogP contribution is -2.63. The summed E-state index contributed by atoms with van der Waals surface area (Å²) in [7, 11) is 0. The van der Waals surface area contributed by atoms with Crippen molar-refractivity contribution in [3.8, 4) is 17.1 Å². The van der Waals surface area contributed by atoms with Crippen LogP contribution in [0.3, 0.4) is 0 Å². The number of ether oxygens (including phenoxy) is 5. The van der Waals surface area contributed by atoms with E-state index in [9.17, 15) is 59.4 Å². The van der Waals surface area contributed by atoms with Crippen molar-refractivity contribution in [1.29, 1.82) is 0 Å². The zero-order chi connectivity index (χ0) is 60.0. The molecule has 3 aromatic carbocycles. The van der Waals surface area contributed by atoms with Crippen molar-refractivity contribution in [3.05, 3.63) is 130 Å². The van der Waals surface area contributed by atoms with E-state index in [0.717, 1.165) is 17.6 Å². The minimum absolute atomic E-state index is 0.00209. The molecule has 3 amide bonds. The number of Topliss-reactive ketones (excluding diaryl/α,β-unsaturated/α-hetero) is 1. The van der Waals surface area contributed by atoms with Crippen molar-refractivity contribution in [3.63, 3.8) is 0 Å². The number of nitrogens with zero attached hydrogens (tertiary/aromatic N) is 5. The zero-order valence-corrected chi connectivity index (χ0v) is 46.8. The van der Waals surface area contributed by atoms with Crippen LogP contribution in [-0.2, 0) is 62.4 Å². The Kier molecular flexibility index (Phi) is 16.6. The summed E-state index contributed by atoms with van der Waals surface area (Å²) in [6.07, 6.45) is -4.14. The van der Waals surface area contributed by atoms with Gasteiger partial charge in [0.1, 0.15) is 43.1 Å². The van der Waals surface area contributed by atoms with Gasteiger partial charge in [-0.1, -0.05) is 80.1 Å². The molecule has 2 aromatic heterocycles. The fourth-order valence-electron chi connectivity index (χ4n) is 13.5. The predicted octanol–water partition coefficient (Wildman–Crippen LogP) is 3.29. The number of thiazole rings is 1. The number of ketones is 2. The standard InChI is InChI=1S/C59H62N8O17S/c1-57-17-15-35(69)22-34(57)12-13-36-37-23-42-59(41(71)25-68,58(37,2)24-39(70)47(36)57)84-54(82-42)33-10-5-30(6-11-33)21-46-64-43(27-85-46)65-56(79)80-26-31-7-14-40(81-55-50(76)48(74)49(75)51(83-55)53(77)78)38(19-31)63-44(72)16-18-60-45(73)20-29-3-8-32(9-4-29)52-66-61-28-62-67-52/h3-11,14-15,17,19,22,27-28,36-37,39,42,47-51,54-55,68,70,74-76H,12-13,16,18,20-21,23-26H2,1-2H3,(H,60,73)(H,63,72)(H,65,79)(H,77,78)/t36-,37-,39-,42+,47+,48-,49-,50+,51-,54-,55+,57-,58-,59+/m0/s1. The number of carboxylic acids is 1. The number of hydrogen-bond acceptors (Lipinski definition) is 22. The third-order valence-electron chi connectivity index (χ3n) is 17.6. The molecule has 85 heavy (non-hydrogen) atoms. The van der Waals surface area contributed by atoms with Gasteiger partial charge in [-0.25, -0.2) is 14.6 Å². The van der Waals surface area contributed by atoms with Crippen LogP contribution < -0.4 is 20.7 Å². The van der Waals surface area contributed by atoms with Gasteiger partial charge in [0.25, 0.3) is 0 Å². The molecule has 9 N–H and O–H groups in total. The van der Waals surface area contributed by atoms with Crippen LogP contribution in [0.5, 0.6) is 5.75 Å². The van der Waals surface area contributed by atoms with E-state index >= 15 is 0 Å². The average molecular weight is 1190 g/mol. The number of fused-ring (bicyclic) bond motifs is 7. The average Bonchev–Trinajstić information content (AvgIpc) is 1.76. The molecule has 14 atom stereocenters. The van der Waals surface area contributed by atoms with Gasteiger partial charge in [0.2, 0.25) is 23.9 Å². The number of carbonyl (C=O) groups is 6. The molecular formula is C59H62N8O17S. The molecule has 0 spiro atoms. The van der Waals surface area contributed by atoms with Crippen LogP contribution >= 0.6 is 11.3 Å². The van der Waals surface area contributed by atoms with E-state index in [1.54, 1.807) is 41.8 Å². The van der Waals surface area contributed by atoms with Crippen molar-refractivity contribution in [1.82, 2.24) is 30.7 Å². The molecule has 26 heteroatoms. The van der Waals surface area contributed by atoms with Crippen LogP contribution in [0.1, 0.15) is 79.5 Å². The maximum absolute atomic E-state index is 14.0. The van der Waals surface area contributed by atoms with Crippen LogP contribution in [0.2, 0.25) is 0 Å². The van der Waals surface area contributed by atoms with E-state index in [0.29, 0.717) is 52.3 Å². The van der Waals surface area contributed by atoms with E-state index < -0.39 is 96.0 Å². The first-order chi connectivity index (χ1) is 40.8. The molecule has 0 bridgehead atoms. The Morgan fingerprint density at radius 2 is 1.61 bits per heavy atom. The minimum atomic E-state index is -1.99. The number of rotatable bonds is 18. The summed E-state index contributed by atoms with van der Waals surface area (Å²) in [6, 6.07) is 18.5. The number of aliphatic hydroxyl groups is 5. The molecule has 3 saturated carbocycles. The van der Waals surface area contributed by atoms with Crippen molar-refractivity contribution >= 4 is 58.3 Å². The quantitative estimate of drug-likeness (QED) is 0.0608. The molecule has 5 aromatic rings. The van der Waals surface area contributed by atoms with Crippen LogP contribution in [0, 0.1) is 28.6 Å². The van der Waals surface area contributed by atoms with E-state index in [1.165, 1.54) is 35.9 Å². The summed E-state index contributed by atoms with van der Waals surface area (Å²) in [6.45, 7) is 2.90. The van der Waals surface area contributed by atoms with Crippen LogP contribution in [0.25, 0.3) is 11.4 Å². The lowest BCUT2D eigenvalue weighted by molar-refractivity contribution is -0.271. The van der Waals surface area contributed by atoms with Gasteiger partial charge in [0.05, 0.1) is 29.3 Å². The van der Waals surface area contributed by atoms with E-state index in [1.807, 2.05) is 37.3 Å². The molecular weight excluding hydrogens is 1120 g/mol. The van der Waals surface area contributed by atoms with Gasteiger partial charge >= 0.3 is 12.1 Å². The highest BCUT2D eigenvalue weighted by Crippen LogP contribution is 2.70. The van der Waals surface area contributed by atoms with Gasteiger partial charge in [0, 0.05) is 52.6 Å². The van der Waals surface area contributed by atoms with Crippen molar-refractivity contribution in [2.24, 2.45) is 28.6 Å². The Bertz CT molecular complexity index is 3440. The lowest BCUT2D eigenvalue weighted by atomic mass is 9.46. The van der Waals surface area contributed by atoms with Crippen molar-refractivity contribution in [2.75, 3.05) is 23.8 Å². The molecule has 0 radical (unpaired) electrons. The summed E-state index contributed by atoms with van der Waals surface area (Å²) in [4.78, 5) is 82.0. The fraction of sp³-hybridized carbons (Fsp3) is 0.441. The zero-order valence-electron chi connectivity index (χ0n) is 46.0. The third-order valence-corrected chi connectivity index (χ3v) is 18.4. The Hall–Kier alpha value is -7.79. The largest absolute Gasteiger partial charge is 0.479 e. The molecule has 4 aliphatic carbocycles.